The minimum absolute atomic E-state index is 0.0341. The molecule has 0 aliphatic carbocycles. The molecule has 0 bridgehead atoms. The minimum Gasteiger partial charge on any atom is -0.508 e. The molecule has 108 valence electrons. The molecule has 22 heavy (non-hydrogen) atoms. The Balaban J connectivity index is 2.40. The number of nitrogens with two attached hydrogens (primary N) is 1. The first-order chi connectivity index (χ1) is 10.5. The number of nitrogens with zero attached hydrogens (tertiary/aromatic N) is 1. The number of nitrogens with one attached hydrogen (secondary N) is 1. The van der Waals surface area contributed by atoms with Gasteiger partial charge >= 0.3 is 0 Å². The normalized spacial score (nSPS) is 11.7. The van der Waals surface area contributed by atoms with Crippen molar-refractivity contribution in [2.45, 2.75) is 0 Å². The number of amides is 1. The van der Waals surface area contributed by atoms with Gasteiger partial charge < -0.3 is 21.3 Å². The molecular weight excluding hydrogens is 282 g/mol. The van der Waals surface area contributed by atoms with Gasteiger partial charge in [-0.1, -0.05) is 0 Å². The first-order valence-corrected chi connectivity index (χ1v) is 6.39. The van der Waals surface area contributed by atoms with Gasteiger partial charge in [-0.25, -0.2) is 0 Å². The Morgan fingerprint density at radius 3 is 1.95 bits per heavy atom. The number of nitriles is 1. The fraction of sp³-hybridized carbons (Fsp3) is 0. The van der Waals surface area contributed by atoms with Gasteiger partial charge in [0.25, 0.3) is 5.91 Å². The predicted octanol–water partition coefficient (Wildman–Crippen LogP) is 1.97. The van der Waals surface area contributed by atoms with Crippen LogP contribution in [0.3, 0.4) is 0 Å². The third-order valence-electron chi connectivity index (χ3n) is 3.42. The molecule has 3 rings (SSSR count). The van der Waals surface area contributed by atoms with E-state index in [-0.39, 0.29) is 17.1 Å². The van der Waals surface area contributed by atoms with Crippen molar-refractivity contribution >= 4 is 22.9 Å². The summed E-state index contributed by atoms with van der Waals surface area (Å²) in [6, 6.07) is 10.9. The van der Waals surface area contributed by atoms with Gasteiger partial charge in [0.1, 0.15) is 23.1 Å². The average Bonchev–Trinajstić information content (AvgIpc) is 2.46. The molecule has 0 saturated heterocycles. The lowest BCUT2D eigenvalue weighted by atomic mass is 9.87. The van der Waals surface area contributed by atoms with Crippen LogP contribution in [0.15, 0.2) is 42.0 Å². The summed E-state index contributed by atoms with van der Waals surface area (Å²) in [5, 5.41) is 31.6. The Kier molecular flexibility index (Phi) is 2.96. The zero-order valence-electron chi connectivity index (χ0n) is 11.3. The SMILES string of the molecule is N#CC(C(N)=O)=C1c2ccc(O)cc2Nc2cc(O)ccc21. The van der Waals surface area contributed by atoms with Gasteiger partial charge in [0.2, 0.25) is 0 Å². The van der Waals surface area contributed by atoms with Crippen LogP contribution in [-0.4, -0.2) is 16.1 Å². The van der Waals surface area contributed by atoms with Crippen LogP contribution >= 0.6 is 0 Å². The van der Waals surface area contributed by atoms with E-state index in [0.29, 0.717) is 28.1 Å². The van der Waals surface area contributed by atoms with Crippen LogP contribution in [0.25, 0.3) is 5.57 Å². The van der Waals surface area contributed by atoms with E-state index in [9.17, 15) is 20.3 Å². The van der Waals surface area contributed by atoms with E-state index in [0.717, 1.165) is 0 Å². The number of rotatable bonds is 1. The Morgan fingerprint density at radius 1 is 1.05 bits per heavy atom. The van der Waals surface area contributed by atoms with Gasteiger partial charge in [-0.15, -0.1) is 0 Å². The molecule has 5 N–H and O–H groups in total. The molecule has 6 nitrogen and oxygen atoms in total. The summed E-state index contributed by atoms with van der Waals surface area (Å²) >= 11 is 0. The van der Waals surface area contributed by atoms with Gasteiger partial charge in [-0.3, -0.25) is 4.79 Å². The highest BCUT2D eigenvalue weighted by Crippen LogP contribution is 2.44. The monoisotopic (exact) mass is 293 g/mol. The smallest absolute Gasteiger partial charge is 0.260 e. The topological polar surface area (TPSA) is 119 Å². The molecule has 1 amide bonds. The molecular formula is C16H11N3O3. The van der Waals surface area contributed by atoms with Crippen molar-refractivity contribution in [3.8, 4) is 17.6 Å². The van der Waals surface area contributed by atoms with Gasteiger partial charge in [-0.05, 0) is 24.3 Å². The Morgan fingerprint density at radius 2 is 1.55 bits per heavy atom. The number of phenolic OH excluding ortho intramolecular Hbond substituents is 2. The first-order valence-electron chi connectivity index (χ1n) is 6.39. The molecule has 0 atom stereocenters. The average molecular weight is 293 g/mol. The summed E-state index contributed by atoms with van der Waals surface area (Å²) < 4.78 is 0. The third kappa shape index (κ3) is 2.01. The van der Waals surface area contributed by atoms with Gasteiger partial charge in [0.05, 0.1) is 11.4 Å². The van der Waals surface area contributed by atoms with E-state index >= 15 is 0 Å². The van der Waals surface area contributed by atoms with Gasteiger partial charge in [0.15, 0.2) is 0 Å². The van der Waals surface area contributed by atoms with Crippen LogP contribution in [0.2, 0.25) is 0 Å². The quantitative estimate of drug-likeness (QED) is 0.404. The second-order valence-electron chi connectivity index (χ2n) is 4.81. The summed E-state index contributed by atoms with van der Waals surface area (Å²) in [7, 11) is 0. The maximum atomic E-state index is 11.6. The van der Waals surface area contributed by atoms with E-state index in [1.807, 2.05) is 6.07 Å². The zero-order valence-corrected chi connectivity index (χ0v) is 11.3. The third-order valence-corrected chi connectivity index (χ3v) is 3.42. The summed E-state index contributed by atoms with van der Waals surface area (Å²) in [6.45, 7) is 0. The molecule has 1 aliphatic heterocycles. The van der Waals surface area contributed by atoms with Crippen LogP contribution in [0, 0.1) is 11.3 Å². The Hall–Kier alpha value is -3.46. The summed E-state index contributed by atoms with van der Waals surface area (Å²) in [5.74, 6) is -0.768. The number of phenols is 2. The van der Waals surface area contributed by atoms with Gasteiger partial charge in [-0.2, -0.15) is 5.26 Å². The number of benzene rings is 2. The molecule has 0 fully saturated rings. The van der Waals surface area contributed by atoms with Gasteiger partial charge in [0, 0.05) is 28.8 Å². The lowest BCUT2D eigenvalue weighted by molar-refractivity contribution is -0.114. The van der Waals surface area contributed by atoms with Crippen molar-refractivity contribution in [1.82, 2.24) is 0 Å². The molecule has 1 heterocycles. The highest BCUT2D eigenvalue weighted by atomic mass is 16.3. The second kappa shape index (κ2) is 4.82. The lowest BCUT2D eigenvalue weighted by Gasteiger charge is -2.25. The highest BCUT2D eigenvalue weighted by molar-refractivity contribution is 6.11. The molecule has 1 aliphatic rings. The molecule has 0 spiro atoms. The molecule has 0 unspecified atom stereocenters. The van der Waals surface area contributed by atoms with Crippen LogP contribution in [0.1, 0.15) is 11.1 Å². The lowest BCUT2D eigenvalue weighted by Crippen LogP contribution is -2.17. The summed E-state index contributed by atoms with van der Waals surface area (Å²) in [5.41, 5.74) is 7.69. The van der Waals surface area contributed by atoms with Crippen LogP contribution in [0.5, 0.6) is 11.5 Å². The predicted molar refractivity (Wildman–Crippen MR) is 80.3 cm³/mol. The summed E-state index contributed by atoms with van der Waals surface area (Å²) in [4.78, 5) is 11.6. The Bertz CT molecular complexity index is 825. The van der Waals surface area contributed by atoms with Crippen LogP contribution in [-0.2, 0) is 4.79 Å². The number of hydrogen-bond donors (Lipinski definition) is 4. The van der Waals surface area contributed by atoms with Crippen molar-refractivity contribution in [3.63, 3.8) is 0 Å². The minimum atomic E-state index is -0.836. The van der Waals surface area contributed by atoms with Crippen molar-refractivity contribution in [3.05, 3.63) is 53.1 Å². The molecule has 6 heteroatoms. The fourth-order valence-corrected chi connectivity index (χ4v) is 2.50. The molecule has 0 aromatic heterocycles. The number of carbonyl (C=O) groups is 1. The molecule has 0 saturated carbocycles. The van der Waals surface area contributed by atoms with Crippen molar-refractivity contribution in [2.24, 2.45) is 5.73 Å². The number of carbonyl (C=O) groups excluding carboxylic acids is 1. The number of primary amides is 1. The second-order valence-corrected chi connectivity index (χ2v) is 4.81. The molecule has 2 aromatic rings. The van der Waals surface area contributed by atoms with E-state index in [1.54, 1.807) is 12.1 Å². The fourth-order valence-electron chi connectivity index (χ4n) is 2.50. The number of anilines is 2. The summed E-state index contributed by atoms with van der Waals surface area (Å²) in [6.07, 6.45) is 0. The molecule has 0 radical (unpaired) electrons. The standard InChI is InChI=1S/C16H11N3O3/c17-7-12(16(18)22)15-10-3-1-8(20)5-13(10)19-14-6-9(21)2-4-11(14)15/h1-6,19-21H,(H2,18,22). The zero-order chi connectivity index (χ0) is 15.9. The van der Waals surface area contributed by atoms with E-state index in [1.165, 1.54) is 24.3 Å². The van der Waals surface area contributed by atoms with Crippen molar-refractivity contribution in [2.75, 3.05) is 5.32 Å². The van der Waals surface area contributed by atoms with Crippen LogP contribution < -0.4 is 11.1 Å². The van der Waals surface area contributed by atoms with E-state index in [4.69, 9.17) is 5.73 Å². The van der Waals surface area contributed by atoms with Crippen molar-refractivity contribution < 1.29 is 15.0 Å². The van der Waals surface area contributed by atoms with E-state index in [2.05, 4.69) is 5.32 Å². The van der Waals surface area contributed by atoms with Crippen LogP contribution in [0.4, 0.5) is 11.4 Å². The van der Waals surface area contributed by atoms with E-state index < -0.39 is 5.91 Å². The largest absolute Gasteiger partial charge is 0.508 e. The Labute approximate surface area is 125 Å². The first kappa shape index (κ1) is 13.5. The molecule has 2 aromatic carbocycles. The number of aromatic hydroxyl groups is 2. The highest BCUT2D eigenvalue weighted by Gasteiger charge is 2.25. The number of hydrogen-bond acceptors (Lipinski definition) is 5. The maximum Gasteiger partial charge on any atom is 0.260 e. The van der Waals surface area contributed by atoms with Crippen molar-refractivity contribution in [1.29, 1.82) is 5.26 Å². The maximum absolute atomic E-state index is 11.6. The number of fused-ring (bicyclic) bond motifs is 2.